The summed E-state index contributed by atoms with van der Waals surface area (Å²) in [5.74, 6) is 0.204. The first-order chi connectivity index (χ1) is 7.20. The fraction of sp³-hybridized carbons (Fsp3) is 0.308. The van der Waals surface area contributed by atoms with Crippen LogP contribution in [0.25, 0.3) is 0 Å². The highest BCUT2D eigenvalue weighted by Crippen LogP contribution is 2.45. The van der Waals surface area contributed by atoms with Gasteiger partial charge in [-0.05, 0) is 18.1 Å². The van der Waals surface area contributed by atoms with Gasteiger partial charge in [0, 0.05) is 7.05 Å². The summed E-state index contributed by atoms with van der Waals surface area (Å²) in [5.41, 5.74) is 3.68. The van der Waals surface area contributed by atoms with Crippen molar-refractivity contribution in [2.24, 2.45) is 0 Å². The average Bonchev–Trinajstić information content (AvgIpc) is 2.24. The second-order valence-corrected chi connectivity index (χ2v) is 4.37. The maximum absolute atomic E-state index is 12.0. The molecule has 2 heterocycles. The summed E-state index contributed by atoms with van der Waals surface area (Å²) in [6.45, 7) is 2.05. The van der Waals surface area contributed by atoms with Gasteiger partial charge < -0.3 is 4.90 Å². The Kier molecular flexibility index (Phi) is 1.58. The number of hydrogen-bond donors (Lipinski definition) is 0. The fourth-order valence-electron chi connectivity index (χ4n) is 2.71. The van der Waals surface area contributed by atoms with Gasteiger partial charge in [0.15, 0.2) is 0 Å². The van der Waals surface area contributed by atoms with Gasteiger partial charge in [0.2, 0.25) is 5.91 Å². The molecule has 1 aliphatic carbocycles. The van der Waals surface area contributed by atoms with Crippen LogP contribution in [0.1, 0.15) is 30.0 Å². The van der Waals surface area contributed by atoms with Gasteiger partial charge in [0.05, 0.1) is 12.0 Å². The van der Waals surface area contributed by atoms with E-state index in [4.69, 9.17) is 0 Å². The Labute approximate surface area is 89.2 Å². The standard InChI is InChI=1S/C13H13NO/c1-8-7-11-9-5-3-4-6-10(9)12(8)13(15)14(11)2/h3-7,11-12H,1-2H3/t11-,12+/m1/s1. The molecule has 2 aliphatic heterocycles. The minimum Gasteiger partial charge on any atom is -0.334 e. The molecule has 0 unspecified atom stereocenters. The van der Waals surface area contributed by atoms with Gasteiger partial charge in [-0.15, -0.1) is 0 Å². The minimum atomic E-state index is -0.0313. The zero-order valence-corrected chi connectivity index (χ0v) is 8.90. The molecule has 1 aromatic rings. The molecular formula is C13H13NO. The number of rotatable bonds is 0. The second kappa shape index (κ2) is 2.72. The molecule has 15 heavy (non-hydrogen) atoms. The molecule has 0 radical (unpaired) electrons. The number of likely N-dealkylation sites (N-methyl/N-ethyl adjacent to an activating group) is 1. The number of amides is 1. The van der Waals surface area contributed by atoms with Gasteiger partial charge in [-0.1, -0.05) is 35.9 Å². The number of hydrogen-bond acceptors (Lipinski definition) is 1. The lowest BCUT2D eigenvalue weighted by molar-refractivity contribution is -0.133. The molecule has 0 saturated heterocycles. The van der Waals surface area contributed by atoms with Gasteiger partial charge >= 0.3 is 0 Å². The summed E-state index contributed by atoms with van der Waals surface area (Å²) in [7, 11) is 1.89. The second-order valence-electron chi connectivity index (χ2n) is 4.37. The Bertz CT molecular complexity index is 475. The highest BCUT2D eigenvalue weighted by Gasteiger charge is 2.41. The first-order valence-electron chi connectivity index (χ1n) is 5.24. The quantitative estimate of drug-likeness (QED) is 0.587. The molecule has 0 aromatic heterocycles. The molecule has 2 atom stereocenters. The highest BCUT2D eigenvalue weighted by atomic mass is 16.2. The Hall–Kier alpha value is -1.57. The van der Waals surface area contributed by atoms with E-state index in [1.54, 1.807) is 0 Å². The van der Waals surface area contributed by atoms with E-state index in [0.29, 0.717) is 0 Å². The number of benzene rings is 1. The lowest BCUT2D eigenvalue weighted by Crippen LogP contribution is -2.43. The van der Waals surface area contributed by atoms with Crippen LogP contribution in [0.3, 0.4) is 0 Å². The van der Waals surface area contributed by atoms with Gasteiger partial charge in [-0.3, -0.25) is 4.79 Å². The smallest absolute Gasteiger partial charge is 0.234 e. The van der Waals surface area contributed by atoms with E-state index in [2.05, 4.69) is 25.1 Å². The normalized spacial score (nSPS) is 27.7. The van der Waals surface area contributed by atoms with Crippen molar-refractivity contribution < 1.29 is 4.79 Å². The maximum atomic E-state index is 12.0. The first-order valence-corrected chi connectivity index (χ1v) is 5.24. The summed E-state index contributed by atoms with van der Waals surface area (Å²) in [4.78, 5) is 13.9. The molecule has 0 fully saturated rings. The van der Waals surface area contributed by atoms with Crippen LogP contribution in [-0.4, -0.2) is 17.9 Å². The van der Waals surface area contributed by atoms with Crippen molar-refractivity contribution in [1.29, 1.82) is 0 Å². The zero-order valence-electron chi connectivity index (χ0n) is 8.90. The van der Waals surface area contributed by atoms with Crippen LogP contribution < -0.4 is 0 Å². The lowest BCUT2D eigenvalue weighted by atomic mass is 9.75. The Morgan fingerprint density at radius 3 is 2.60 bits per heavy atom. The van der Waals surface area contributed by atoms with E-state index in [-0.39, 0.29) is 17.9 Å². The topological polar surface area (TPSA) is 20.3 Å². The monoisotopic (exact) mass is 199 g/mol. The zero-order chi connectivity index (χ0) is 10.6. The Balaban J connectivity index is 2.28. The van der Waals surface area contributed by atoms with Crippen LogP contribution in [0.5, 0.6) is 0 Å². The van der Waals surface area contributed by atoms with Crippen molar-refractivity contribution in [3.63, 3.8) is 0 Å². The molecule has 1 aromatic carbocycles. The summed E-state index contributed by atoms with van der Waals surface area (Å²) in [6.07, 6.45) is 2.20. The summed E-state index contributed by atoms with van der Waals surface area (Å²) < 4.78 is 0. The molecule has 2 nitrogen and oxygen atoms in total. The molecule has 4 rings (SSSR count). The molecular weight excluding hydrogens is 186 g/mol. The van der Waals surface area contributed by atoms with E-state index >= 15 is 0 Å². The van der Waals surface area contributed by atoms with Crippen molar-refractivity contribution in [3.8, 4) is 0 Å². The number of nitrogens with zero attached hydrogens (tertiary/aromatic N) is 1. The minimum absolute atomic E-state index is 0.0313. The van der Waals surface area contributed by atoms with Gasteiger partial charge in [0.25, 0.3) is 0 Å². The molecule has 2 bridgehead atoms. The van der Waals surface area contributed by atoms with Gasteiger partial charge in [-0.25, -0.2) is 0 Å². The highest BCUT2D eigenvalue weighted by molar-refractivity contribution is 5.91. The number of carbonyl (C=O) groups excluding carboxylic acids is 1. The lowest BCUT2D eigenvalue weighted by Gasteiger charge is -2.42. The summed E-state index contributed by atoms with van der Waals surface area (Å²) in [6, 6.07) is 8.41. The Morgan fingerprint density at radius 2 is 1.87 bits per heavy atom. The van der Waals surface area contributed by atoms with Crippen molar-refractivity contribution in [2.45, 2.75) is 18.9 Å². The molecule has 0 saturated carbocycles. The van der Waals surface area contributed by atoms with E-state index in [1.165, 1.54) is 16.7 Å². The van der Waals surface area contributed by atoms with Crippen molar-refractivity contribution in [2.75, 3.05) is 7.05 Å². The molecule has 76 valence electrons. The van der Waals surface area contributed by atoms with Crippen LogP contribution >= 0.6 is 0 Å². The molecule has 2 heteroatoms. The van der Waals surface area contributed by atoms with Crippen LogP contribution in [0.4, 0.5) is 0 Å². The third kappa shape index (κ3) is 0.965. The fourth-order valence-corrected chi connectivity index (χ4v) is 2.71. The van der Waals surface area contributed by atoms with Gasteiger partial charge in [0.1, 0.15) is 0 Å². The average molecular weight is 199 g/mol. The molecule has 0 N–H and O–H groups in total. The molecule has 3 aliphatic rings. The van der Waals surface area contributed by atoms with Gasteiger partial charge in [-0.2, -0.15) is 0 Å². The van der Waals surface area contributed by atoms with Crippen LogP contribution in [-0.2, 0) is 4.79 Å². The van der Waals surface area contributed by atoms with Crippen molar-refractivity contribution >= 4 is 5.91 Å². The van der Waals surface area contributed by atoms with Crippen LogP contribution in [0.2, 0.25) is 0 Å². The van der Waals surface area contributed by atoms with Crippen molar-refractivity contribution in [1.82, 2.24) is 4.90 Å². The number of fused-ring (bicyclic) bond motifs is 1. The SMILES string of the molecule is CC1=C[C@@H]2c3ccccc3[C@H]1C(=O)N2C. The Morgan fingerprint density at radius 1 is 1.20 bits per heavy atom. The van der Waals surface area contributed by atoms with Crippen molar-refractivity contribution in [3.05, 3.63) is 47.0 Å². The van der Waals surface area contributed by atoms with E-state index in [9.17, 15) is 4.79 Å². The van der Waals surface area contributed by atoms with Crippen LogP contribution in [0.15, 0.2) is 35.9 Å². The molecule has 1 amide bonds. The van der Waals surface area contributed by atoms with E-state index in [0.717, 1.165) is 0 Å². The van der Waals surface area contributed by atoms with Crippen LogP contribution in [0, 0.1) is 0 Å². The third-order valence-corrected chi connectivity index (χ3v) is 3.51. The van der Waals surface area contributed by atoms with E-state index in [1.807, 2.05) is 24.1 Å². The first kappa shape index (κ1) is 8.72. The predicted octanol–water partition coefficient (Wildman–Crippen LogP) is 2.24. The van der Waals surface area contributed by atoms with E-state index < -0.39 is 0 Å². The number of carbonyl (C=O) groups is 1. The predicted molar refractivity (Wildman–Crippen MR) is 58.5 cm³/mol. The summed E-state index contributed by atoms with van der Waals surface area (Å²) >= 11 is 0. The molecule has 0 spiro atoms. The largest absolute Gasteiger partial charge is 0.334 e. The summed E-state index contributed by atoms with van der Waals surface area (Å²) in [5, 5.41) is 0. The third-order valence-electron chi connectivity index (χ3n) is 3.51. The maximum Gasteiger partial charge on any atom is 0.234 e.